The minimum absolute atomic E-state index is 0.0305. The molecule has 0 radical (unpaired) electrons. The van der Waals surface area contributed by atoms with Crippen molar-refractivity contribution in [2.45, 2.75) is 25.4 Å². The molecule has 14 nitrogen and oxygen atoms in total. The first-order valence-corrected chi connectivity index (χ1v) is 18.4. The number of anilines is 2. The van der Waals surface area contributed by atoms with E-state index in [1.807, 2.05) is 24.3 Å². The number of aromatic nitrogens is 6. The van der Waals surface area contributed by atoms with Crippen molar-refractivity contribution in [2.75, 3.05) is 16.3 Å². The fourth-order valence-electron chi connectivity index (χ4n) is 5.55. The molecular weight excluding hydrogens is 837 g/mol. The third-order valence-corrected chi connectivity index (χ3v) is 8.67. The van der Waals surface area contributed by atoms with E-state index >= 15 is 0 Å². The first-order valence-electron chi connectivity index (χ1n) is 18.4. The Morgan fingerprint density at radius 2 is 1.06 bits per heavy atom. The van der Waals surface area contributed by atoms with Crippen LogP contribution in [-0.4, -0.2) is 66.4 Å². The molecule has 0 saturated carbocycles. The number of nitrogens with one attached hydrogen (secondary N) is 1. The summed E-state index contributed by atoms with van der Waals surface area (Å²) in [4.78, 5) is 68.3. The van der Waals surface area contributed by atoms with Crippen LogP contribution in [0.2, 0.25) is 0 Å². The molecule has 0 aliphatic carbocycles. The molecule has 0 unspecified atom stereocenters. The lowest BCUT2D eigenvalue weighted by molar-refractivity contribution is -0.173. The number of carbonyl (C=O) groups is 4. The number of alkyl halides is 6. The Labute approximate surface area is 353 Å². The van der Waals surface area contributed by atoms with Gasteiger partial charge in [-0.05, 0) is 72.8 Å². The van der Waals surface area contributed by atoms with E-state index in [-0.39, 0.29) is 41.9 Å². The summed E-state index contributed by atoms with van der Waals surface area (Å²) in [5.74, 6) is -5.16. The zero-order chi connectivity index (χ0) is 45.0. The SMILES string of the molecule is O=C(CNC(=O)C(F)(F)F)c1ccc(CN(C(=O)c2ccncc2)c2ccccc2)nc1.O=C(c1ccncc1)N(Cc1ccc(-c2nnc(C(F)(F)F)o2)cn1)c1ccccc1. The summed E-state index contributed by atoms with van der Waals surface area (Å²) >= 11 is 0. The van der Waals surface area contributed by atoms with Gasteiger partial charge in [0.1, 0.15) is 0 Å². The van der Waals surface area contributed by atoms with Crippen molar-refractivity contribution >= 4 is 34.9 Å². The van der Waals surface area contributed by atoms with Crippen molar-refractivity contribution < 1.29 is 49.9 Å². The predicted octanol–water partition coefficient (Wildman–Crippen LogP) is 7.58. The standard InChI is InChI=1S/C22H17F3N4O3.C21H14F3N5O2/c23-22(24,25)21(32)28-13-19(30)16-6-7-17(27-12-16)14-29(18-4-2-1-3-5-18)20(31)15-8-10-26-11-9-15;22-21(23,24)20-28-27-18(31-20)15-6-7-16(26-12-15)13-29(17-4-2-1-3-5-17)19(30)14-8-10-25-11-9-14/h1-12H,13-14H2,(H,28,32);1-12H,13H2. The lowest BCUT2D eigenvalue weighted by atomic mass is 10.1. The molecule has 0 atom stereocenters. The van der Waals surface area contributed by atoms with Gasteiger partial charge in [0.2, 0.25) is 5.89 Å². The summed E-state index contributed by atoms with van der Waals surface area (Å²) in [7, 11) is 0. The number of carbonyl (C=O) groups excluding carboxylic acids is 4. The molecule has 0 fully saturated rings. The van der Waals surface area contributed by atoms with Crippen LogP contribution in [0, 0.1) is 0 Å². The molecule has 0 saturated heterocycles. The zero-order valence-corrected chi connectivity index (χ0v) is 32.4. The number of amides is 3. The first kappa shape index (κ1) is 44.4. The van der Waals surface area contributed by atoms with E-state index in [0.717, 1.165) is 0 Å². The third kappa shape index (κ3) is 12.0. The highest BCUT2D eigenvalue weighted by Gasteiger charge is 2.39. The lowest BCUT2D eigenvalue weighted by Gasteiger charge is -2.22. The molecule has 5 heterocycles. The number of hydrogen-bond acceptors (Lipinski definition) is 11. The molecule has 0 bridgehead atoms. The van der Waals surface area contributed by atoms with Crippen molar-refractivity contribution in [2.24, 2.45) is 0 Å². The number of hydrogen-bond donors (Lipinski definition) is 1. The second-order valence-electron chi connectivity index (χ2n) is 13.0. The van der Waals surface area contributed by atoms with Crippen molar-refractivity contribution in [1.29, 1.82) is 0 Å². The van der Waals surface area contributed by atoms with Gasteiger partial charge < -0.3 is 19.5 Å². The Bertz CT molecular complexity index is 2620. The van der Waals surface area contributed by atoms with Gasteiger partial charge >= 0.3 is 24.2 Å². The highest BCUT2D eigenvalue weighted by Crippen LogP contribution is 2.30. The summed E-state index contributed by atoms with van der Waals surface area (Å²) in [6, 6.07) is 30.3. The maximum Gasteiger partial charge on any atom is 0.471 e. The highest BCUT2D eigenvalue weighted by molar-refractivity contribution is 6.06. The predicted molar refractivity (Wildman–Crippen MR) is 213 cm³/mol. The molecule has 7 aromatic rings. The third-order valence-electron chi connectivity index (χ3n) is 8.67. The smallest absolute Gasteiger partial charge is 0.413 e. The van der Waals surface area contributed by atoms with E-state index in [1.54, 1.807) is 71.6 Å². The van der Waals surface area contributed by atoms with Crippen LogP contribution in [0.4, 0.5) is 37.7 Å². The van der Waals surface area contributed by atoms with E-state index in [1.165, 1.54) is 65.6 Å². The molecular formula is C43H31F6N9O5. The molecule has 63 heavy (non-hydrogen) atoms. The second-order valence-corrected chi connectivity index (χ2v) is 13.0. The van der Waals surface area contributed by atoms with Crippen molar-refractivity contribution in [3.8, 4) is 11.5 Å². The summed E-state index contributed by atoms with van der Waals surface area (Å²) in [6.07, 6.45) is -1.20. The van der Waals surface area contributed by atoms with Crippen molar-refractivity contribution in [3.63, 3.8) is 0 Å². The van der Waals surface area contributed by atoms with E-state index in [9.17, 15) is 45.5 Å². The topological polar surface area (TPSA) is 177 Å². The van der Waals surface area contributed by atoms with E-state index in [4.69, 9.17) is 0 Å². The molecule has 3 amide bonds. The summed E-state index contributed by atoms with van der Waals surface area (Å²) in [5.41, 5.74) is 3.42. The van der Waals surface area contributed by atoms with Crippen LogP contribution in [-0.2, 0) is 24.1 Å². The zero-order valence-electron chi connectivity index (χ0n) is 32.4. The molecule has 1 N–H and O–H groups in total. The van der Waals surface area contributed by atoms with Crippen LogP contribution in [0.15, 0.2) is 151 Å². The molecule has 0 aliphatic rings. The van der Waals surface area contributed by atoms with E-state index in [2.05, 4.69) is 34.6 Å². The molecule has 2 aromatic carbocycles. The van der Waals surface area contributed by atoms with Crippen LogP contribution >= 0.6 is 0 Å². The van der Waals surface area contributed by atoms with E-state index < -0.39 is 36.5 Å². The second kappa shape index (κ2) is 19.9. The fraction of sp³-hybridized carbons (Fsp3) is 0.116. The van der Waals surface area contributed by atoms with Gasteiger partial charge in [-0.1, -0.05) is 36.4 Å². The number of para-hydroxylation sites is 2. The minimum Gasteiger partial charge on any atom is -0.413 e. The van der Waals surface area contributed by atoms with Gasteiger partial charge in [0.15, 0.2) is 5.78 Å². The number of Topliss-reactive ketones (excluding diaryl/α,β-unsaturated/α-hetero) is 1. The minimum atomic E-state index is -5.06. The molecule has 320 valence electrons. The Kier molecular flexibility index (Phi) is 14.0. The van der Waals surface area contributed by atoms with Crippen LogP contribution in [0.25, 0.3) is 11.5 Å². The van der Waals surface area contributed by atoms with Crippen LogP contribution in [0.3, 0.4) is 0 Å². The summed E-state index contributed by atoms with van der Waals surface area (Å²) < 4.78 is 79.3. The van der Waals surface area contributed by atoms with Gasteiger partial charge in [0.25, 0.3) is 11.8 Å². The van der Waals surface area contributed by atoms with Gasteiger partial charge in [-0.3, -0.25) is 39.1 Å². The Morgan fingerprint density at radius 3 is 1.48 bits per heavy atom. The van der Waals surface area contributed by atoms with Crippen molar-refractivity contribution in [3.05, 3.63) is 180 Å². The maximum atomic E-state index is 13.1. The molecule has 0 spiro atoms. The molecule has 5 aromatic heterocycles. The average Bonchev–Trinajstić information content (AvgIpc) is 3.82. The molecule has 20 heteroatoms. The maximum absolute atomic E-state index is 13.1. The van der Waals surface area contributed by atoms with Crippen LogP contribution < -0.4 is 15.1 Å². The summed E-state index contributed by atoms with van der Waals surface area (Å²) in [5, 5.41) is 7.94. The largest absolute Gasteiger partial charge is 0.471 e. The normalized spacial score (nSPS) is 11.1. The number of benzene rings is 2. The van der Waals surface area contributed by atoms with E-state index in [0.29, 0.717) is 33.9 Å². The van der Waals surface area contributed by atoms with Crippen LogP contribution in [0.1, 0.15) is 48.4 Å². The van der Waals surface area contributed by atoms with Gasteiger partial charge in [0.05, 0.1) is 36.6 Å². The number of ketones is 1. The Hall–Kier alpha value is -8.16. The molecule has 7 rings (SSSR count). The number of pyridine rings is 4. The Morgan fingerprint density at radius 1 is 0.571 bits per heavy atom. The van der Waals surface area contributed by atoms with Crippen LogP contribution in [0.5, 0.6) is 0 Å². The lowest BCUT2D eigenvalue weighted by Crippen LogP contribution is -2.39. The quantitative estimate of drug-likeness (QED) is 0.0946. The van der Waals surface area contributed by atoms with Gasteiger partial charge in [-0.2, -0.15) is 26.3 Å². The fourth-order valence-corrected chi connectivity index (χ4v) is 5.55. The Balaban J connectivity index is 0.000000210. The van der Waals surface area contributed by atoms with Gasteiger partial charge in [-0.25, -0.2) is 0 Å². The monoisotopic (exact) mass is 867 g/mol. The van der Waals surface area contributed by atoms with Crippen molar-refractivity contribution in [1.82, 2.24) is 35.5 Å². The average molecular weight is 868 g/mol. The number of rotatable bonds is 12. The highest BCUT2D eigenvalue weighted by atomic mass is 19.4. The number of nitrogens with zero attached hydrogens (tertiary/aromatic N) is 8. The molecule has 0 aliphatic heterocycles. The van der Waals surface area contributed by atoms with Gasteiger partial charge in [-0.15, -0.1) is 10.2 Å². The summed E-state index contributed by atoms with van der Waals surface area (Å²) in [6.45, 7) is -0.580. The number of halogens is 6. The van der Waals surface area contributed by atoms with Gasteiger partial charge in [0, 0.05) is 65.2 Å². The first-order chi connectivity index (χ1) is 30.2.